The van der Waals surface area contributed by atoms with Gasteiger partial charge in [0.2, 0.25) is 0 Å². The minimum Gasteiger partial charge on any atom is -0.356 e. The number of unbranched alkanes of at least 4 members (excludes halogenated alkanes) is 28. The van der Waals surface area contributed by atoms with Crippen molar-refractivity contribution in [2.24, 2.45) is 0 Å². The molecule has 2 heteroatoms. The van der Waals surface area contributed by atoms with Gasteiger partial charge in [-0.05, 0) is 25.7 Å². The van der Waals surface area contributed by atoms with Crippen molar-refractivity contribution in [3.63, 3.8) is 0 Å². The number of hydrogen-bond donors (Lipinski definition) is 0. The highest BCUT2D eigenvalue weighted by Crippen LogP contribution is 2.24. The lowest BCUT2D eigenvalue weighted by Gasteiger charge is -2.33. The minimum absolute atomic E-state index is 0.640. The second kappa shape index (κ2) is 31.8. The average molecular weight is 589 g/mol. The Hall–Kier alpha value is -0.660. The molecule has 0 saturated carbocycles. The SMILES string of the molecule is CCCCCCCCCCCCCCCCN1C=CN(CCCCCCCCCCCCCCC)C1CCCCCC. The van der Waals surface area contributed by atoms with E-state index in [1.165, 1.54) is 219 Å². The van der Waals surface area contributed by atoms with Crippen LogP contribution in [-0.4, -0.2) is 29.1 Å². The minimum atomic E-state index is 0.640. The van der Waals surface area contributed by atoms with E-state index in [1.54, 1.807) is 0 Å². The Morgan fingerprint density at radius 1 is 0.310 bits per heavy atom. The van der Waals surface area contributed by atoms with E-state index in [2.05, 4.69) is 43.0 Å². The van der Waals surface area contributed by atoms with E-state index in [0.29, 0.717) is 6.17 Å². The highest BCUT2D eigenvalue weighted by molar-refractivity contribution is 4.97. The highest BCUT2D eigenvalue weighted by atomic mass is 15.4. The first-order valence-electron chi connectivity index (χ1n) is 20.0. The van der Waals surface area contributed by atoms with Crippen LogP contribution >= 0.6 is 0 Å². The molecule has 0 radical (unpaired) electrons. The quantitative estimate of drug-likeness (QED) is 0.0690. The maximum atomic E-state index is 2.70. The van der Waals surface area contributed by atoms with Crippen molar-refractivity contribution in [3.05, 3.63) is 12.4 Å². The average Bonchev–Trinajstić information content (AvgIpc) is 3.38. The fourth-order valence-electron chi connectivity index (χ4n) is 6.89. The van der Waals surface area contributed by atoms with E-state index in [-0.39, 0.29) is 0 Å². The van der Waals surface area contributed by atoms with E-state index >= 15 is 0 Å². The predicted molar refractivity (Wildman–Crippen MR) is 191 cm³/mol. The topological polar surface area (TPSA) is 6.48 Å². The molecule has 1 heterocycles. The third-order valence-corrected chi connectivity index (χ3v) is 9.82. The van der Waals surface area contributed by atoms with Gasteiger partial charge in [0.25, 0.3) is 0 Å². The first-order valence-corrected chi connectivity index (χ1v) is 20.0. The fraction of sp³-hybridized carbons (Fsp3) is 0.950. The molecular weight excluding hydrogens is 508 g/mol. The molecule has 1 unspecified atom stereocenters. The standard InChI is InChI=1S/C40H80N2/c1-4-7-10-13-15-17-19-21-23-25-27-29-31-34-37-42-39-38-41(40(42)35-32-12-9-6-3)36-33-30-28-26-24-22-20-18-16-14-11-8-5-2/h38-40H,4-37H2,1-3H3. The second-order valence-electron chi connectivity index (χ2n) is 13.9. The summed E-state index contributed by atoms with van der Waals surface area (Å²) in [6.07, 6.45) is 51.4. The van der Waals surface area contributed by atoms with Crippen LogP contribution in [0.1, 0.15) is 226 Å². The van der Waals surface area contributed by atoms with Crippen molar-refractivity contribution in [1.82, 2.24) is 9.80 Å². The predicted octanol–water partition coefficient (Wildman–Crippen LogP) is 13.9. The summed E-state index contributed by atoms with van der Waals surface area (Å²) in [6, 6.07) is 0. The molecule has 1 atom stereocenters. The summed E-state index contributed by atoms with van der Waals surface area (Å²) in [5.74, 6) is 0. The first-order chi connectivity index (χ1) is 20.8. The Kier molecular flexibility index (Phi) is 29.8. The van der Waals surface area contributed by atoms with E-state index in [1.807, 2.05) is 0 Å². The van der Waals surface area contributed by atoms with Gasteiger partial charge in [0.05, 0.1) is 0 Å². The van der Waals surface area contributed by atoms with E-state index in [4.69, 9.17) is 0 Å². The van der Waals surface area contributed by atoms with E-state index in [0.717, 1.165) is 0 Å². The molecule has 1 aliphatic rings. The van der Waals surface area contributed by atoms with Crippen molar-refractivity contribution in [2.75, 3.05) is 13.1 Å². The molecule has 42 heavy (non-hydrogen) atoms. The Bertz CT molecular complexity index is 544. The second-order valence-corrected chi connectivity index (χ2v) is 13.9. The van der Waals surface area contributed by atoms with Gasteiger partial charge < -0.3 is 9.80 Å². The molecule has 0 fully saturated rings. The van der Waals surface area contributed by atoms with Crippen LogP contribution in [-0.2, 0) is 0 Å². The van der Waals surface area contributed by atoms with Gasteiger partial charge in [-0.15, -0.1) is 0 Å². The zero-order valence-corrected chi connectivity index (χ0v) is 29.7. The summed E-state index contributed by atoms with van der Waals surface area (Å²) in [6.45, 7) is 9.49. The third kappa shape index (κ3) is 23.8. The molecular formula is C40H80N2. The first kappa shape index (κ1) is 39.4. The molecule has 1 rings (SSSR count). The molecule has 0 aromatic heterocycles. The summed E-state index contributed by atoms with van der Waals surface area (Å²) in [5.41, 5.74) is 0. The van der Waals surface area contributed by atoms with Gasteiger partial charge in [-0.1, -0.05) is 201 Å². The maximum absolute atomic E-state index is 2.70. The van der Waals surface area contributed by atoms with Crippen LogP contribution in [0, 0.1) is 0 Å². The molecule has 1 aliphatic heterocycles. The van der Waals surface area contributed by atoms with E-state index in [9.17, 15) is 0 Å². The van der Waals surface area contributed by atoms with Crippen LogP contribution in [0.2, 0.25) is 0 Å². The molecule has 0 aromatic carbocycles. The molecule has 0 spiro atoms. The fourth-order valence-corrected chi connectivity index (χ4v) is 6.89. The van der Waals surface area contributed by atoms with Gasteiger partial charge in [-0.25, -0.2) is 0 Å². The zero-order chi connectivity index (χ0) is 30.2. The molecule has 2 nitrogen and oxygen atoms in total. The van der Waals surface area contributed by atoms with Gasteiger partial charge in [0.1, 0.15) is 6.17 Å². The lowest BCUT2D eigenvalue weighted by molar-refractivity contribution is 0.135. The van der Waals surface area contributed by atoms with Crippen LogP contribution in [0.15, 0.2) is 12.4 Å². The zero-order valence-electron chi connectivity index (χ0n) is 29.7. The van der Waals surface area contributed by atoms with E-state index < -0.39 is 0 Å². The summed E-state index contributed by atoms with van der Waals surface area (Å²) < 4.78 is 0. The largest absolute Gasteiger partial charge is 0.356 e. The lowest BCUT2D eigenvalue weighted by Crippen LogP contribution is -2.39. The van der Waals surface area contributed by atoms with Gasteiger partial charge >= 0.3 is 0 Å². The van der Waals surface area contributed by atoms with Crippen molar-refractivity contribution in [2.45, 2.75) is 232 Å². The molecule has 0 saturated heterocycles. The van der Waals surface area contributed by atoms with Crippen LogP contribution in [0.5, 0.6) is 0 Å². The molecule has 0 aromatic rings. The molecule has 0 N–H and O–H groups in total. The monoisotopic (exact) mass is 589 g/mol. The van der Waals surface area contributed by atoms with Crippen molar-refractivity contribution in [3.8, 4) is 0 Å². The lowest BCUT2D eigenvalue weighted by atomic mass is 10.0. The summed E-state index contributed by atoms with van der Waals surface area (Å²) in [7, 11) is 0. The summed E-state index contributed by atoms with van der Waals surface area (Å²) >= 11 is 0. The van der Waals surface area contributed by atoms with Crippen LogP contribution in [0.4, 0.5) is 0 Å². The van der Waals surface area contributed by atoms with Gasteiger partial charge in [-0.2, -0.15) is 0 Å². The van der Waals surface area contributed by atoms with Crippen LogP contribution < -0.4 is 0 Å². The van der Waals surface area contributed by atoms with Crippen molar-refractivity contribution < 1.29 is 0 Å². The molecule has 0 amide bonds. The Balaban J connectivity index is 2.08. The van der Waals surface area contributed by atoms with Crippen molar-refractivity contribution >= 4 is 0 Å². The van der Waals surface area contributed by atoms with Crippen LogP contribution in [0.3, 0.4) is 0 Å². The summed E-state index contributed by atoms with van der Waals surface area (Å²) in [5, 5.41) is 0. The number of rotatable bonds is 34. The highest BCUT2D eigenvalue weighted by Gasteiger charge is 2.24. The molecule has 0 aliphatic carbocycles. The van der Waals surface area contributed by atoms with Gasteiger partial charge in [0.15, 0.2) is 0 Å². The number of hydrogen-bond acceptors (Lipinski definition) is 2. The molecule has 0 bridgehead atoms. The Labute approximate surface area is 267 Å². The van der Waals surface area contributed by atoms with Gasteiger partial charge in [-0.3, -0.25) is 0 Å². The summed E-state index contributed by atoms with van der Waals surface area (Å²) in [4.78, 5) is 5.41. The van der Waals surface area contributed by atoms with Crippen molar-refractivity contribution in [1.29, 1.82) is 0 Å². The smallest absolute Gasteiger partial charge is 0.101 e. The normalized spacial score (nSPS) is 15.0. The Morgan fingerprint density at radius 3 is 0.833 bits per heavy atom. The number of nitrogens with zero attached hydrogens (tertiary/aromatic N) is 2. The van der Waals surface area contributed by atoms with Gasteiger partial charge in [0, 0.05) is 25.5 Å². The Morgan fingerprint density at radius 2 is 0.548 bits per heavy atom. The molecule has 250 valence electrons. The third-order valence-electron chi connectivity index (χ3n) is 9.82. The van der Waals surface area contributed by atoms with Crippen LogP contribution in [0.25, 0.3) is 0 Å². The maximum Gasteiger partial charge on any atom is 0.101 e.